The fraction of sp³-hybridized carbons (Fsp3) is 0.222. The summed E-state index contributed by atoms with van der Waals surface area (Å²) in [6, 6.07) is 12.8. The molecule has 0 aliphatic carbocycles. The first-order chi connectivity index (χ1) is 11.9. The standard InChI is InChI=1S/C18H16BCl2N2O2/c1-10-16(18(24)25)22-23(15-8-7-13(20)9-14(15)21)17(10)11-3-5-12(19-2)6-4-11/h3-10,17H,1-2H3,(H,24,25)/t10-,17+/m0/s1. The van der Waals surface area contributed by atoms with E-state index >= 15 is 0 Å². The van der Waals surface area contributed by atoms with E-state index in [9.17, 15) is 9.90 Å². The third-order valence-electron chi connectivity index (χ3n) is 4.37. The maximum atomic E-state index is 11.6. The molecule has 7 heteroatoms. The molecule has 2 aromatic carbocycles. The predicted molar refractivity (Wildman–Crippen MR) is 104 cm³/mol. The maximum absolute atomic E-state index is 11.6. The van der Waals surface area contributed by atoms with Gasteiger partial charge in [0, 0.05) is 10.9 Å². The number of nitrogens with zero attached hydrogens (tertiary/aromatic N) is 2. The van der Waals surface area contributed by atoms with E-state index in [1.165, 1.54) is 0 Å². The van der Waals surface area contributed by atoms with Gasteiger partial charge in [0.2, 0.25) is 0 Å². The van der Waals surface area contributed by atoms with Crippen molar-refractivity contribution in [1.29, 1.82) is 0 Å². The minimum absolute atomic E-state index is 0.113. The number of hydrogen-bond donors (Lipinski definition) is 1. The smallest absolute Gasteiger partial charge is 0.352 e. The minimum atomic E-state index is -1.02. The van der Waals surface area contributed by atoms with E-state index in [0.717, 1.165) is 11.0 Å². The highest BCUT2D eigenvalue weighted by atomic mass is 35.5. The lowest BCUT2D eigenvalue weighted by Crippen LogP contribution is -2.26. The van der Waals surface area contributed by atoms with E-state index in [2.05, 4.69) is 5.10 Å². The fourth-order valence-corrected chi connectivity index (χ4v) is 3.55. The van der Waals surface area contributed by atoms with Gasteiger partial charge >= 0.3 is 5.97 Å². The number of rotatable bonds is 4. The third-order valence-corrected chi connectivity index (χ3v) is 4.91. The lowest BCUT2D eigenvalue weighted by Gasteiger charge is -2.27. The van der Waals surface area contributed by atoms with E-state index in [1.54, 1.807) is 23.2 Å². The summed E-state index contributed by atoms with van der Waals surface area (Å²) in [6.45, 7) is 3.83. The quantitative estimate of drug-likeness (QED) is 0.823. The molecule has 0 amide bonds. The van der Waals surface area contributed by atoms with Crippen molar-refractivity contribution in [2.45, 2.75) is 19.8 Å². The molecule has 4 nitrogen and oxygen atoms in total. The zero-order chi connectivity index (χ0) is 18.1. The van der Waals surface area contributed by atoms with Crippen LogP contribution in [-0.4, -0.2) is 24.1 Å². The van der Waals surface area contributed by atoms with Crippen molar-refractivity contribution in [3.05, 3.63) is 58.1 Å². The van der Waals surface area contributed by atoms with Crippen LogP contribution < -0.4 is 10.5 Å². The molecule has 1 aliphatic heterocycles. The van der Waals surface area contributed by atoms with Crippen molar-refractivity contribution in [2.75, 3.05) is 5.01 Å². The molecular formula is C18H16BCl2N2O2. The zero-order valence-electron chi connectivity index (χ0n) is 13.8. The molecule has 0 saturated heterocycles. The molecule has 0 saturated carbocycles. The second kappa shape index (κ2) is 7.10. The van der Waals surface area contributed by atoms with Crippen molar-refractivity contribution >= 4 is 53.3 Å². The van der Waals surface area contributed by atoms with Crippen LogP contribution in [0.15, 0.2) is 47.6 Å². The normalized spacial score (nSPS) is 19.7. The first kappa shape index (κ1) is 17.8. The van der Waals surface area contributed by atoms with Gasteiger partial charge in [0.15, 0.2) is 5.71 Å². The number of hydrazone groups is 1. The van der Waals surface area contributed by atoms with Crippen LogP contribution in [0.5, 0.6) is 0 Å². The highest BCUT2D eigenvalue weighted by Gasteiger charge is 2.39. The first-order valence-electron chi connectivity index (χ1n) is 7.87. The molecule has 0 unspecified atom stereocenters. The van der Waals surface area contributed by atoms with Crippen LogP contribution in [0.3, 0.4) is 0 Å². The molecule has 1 N–H and O–H groups in total. The summed E-state index contributed by atoms with van der Waals surface area (Å²) in [7, 11) is 2.01. The molecule has 0 spiro atoms. The van der Waals surface area contributed by atoms with Gasteiger partial charge in [0.25, 0.3) is 0 Å². The van der Waals surface area contributed by atoms with Crippen molar-refractivity contribution in [2.24, 2.45) is 11.0 Å². The monoisotopic (exact) mass is 373 g/mol. The van der Waals surface area contributed by atoms with Crippen LogP contribution in [0, 0.1) is 5.92 Å². The predicted octanol–water partition coefficient (Wildman–Crippen LogP) is 4.01. The SMILES string of the molecule is C[B]c1ccc([C@H]2[C@@H](C)C(C(=O)O)=NN2c2ccc(Cl)cc2Cl)cc1. The van der Waals surface area contributed by atoms with E-state index in [4.69, 9.17) is 23.2 Å². The van der Waals surface area contributed by atoms with Crippen LogP contribution in [0.2, 0.25) is 16.9 Å². The van der Waals surface area contributed by atoms with E-state index in [-0.39, 0.29) is 17.7 Å². The molecule has 0 aromatic heterocycles. The van der Waals surface area contributed by atoms with Crippen LogP contribution in [-0.2, 0) is 4.79 Å². The van der Waals surface area contributed by atoms with Gasteiger partial charge in [0.1, 0.15) is 7.28 Å². The van der Waals surface area contributed by atoms with Gasteiger partial charge in [-0.05, 0) is 23.8 Å². The number of aliphatic carboxylic acids is 1. The summed E-state index contributed by atoms with van der Waals surface area (Å²) >= 11 is 12.3. The molecular weight excluding hydrogens is 358 g/mol. The van der Waals surface area contributed by atoms with Crippen LogP contribution in [0.4, 0.5) is 5.69 Å². The number of halogens is 2. The zero-order valence-corrected chi connectivity index (χ0v) is 15.3. The topological polar surface area (TPSA) is 52.9 Å². The summed E-state index contributed by atoms with van der Waals surface area (Å²) in [5, 5.41) is 16.5. The molecule has 0 fully saturated rings. The highest BCUT2D eigenvalue weighted by molar-refractivity contribution is 6.51. The number of anilines is 1. The third kappa shape index (κ3) is 3.39. The Morgan fingerprint density at radius 3 is 2.44 bits per heavy atom. The maximum Gasteiger partial charge on any atom is 0.352 e. The Kier molecular flexibility index (Phi) is 5.07. The molecule has 1 heterocycles. The van der Waals surface area contributed by atoms with Gasteiger partial charge in [-0.3, -0.25) is 5.01 Å². The van der Waals surface area contributed by atoms with Gasteiger partial charge in [-0.15, -0.1) is 0 Å². The molecule has 25 heavy (non-hydrogen) atoms. The van der Waals surface area contributed by atoms with Crippen LogP contribution >= 0.6 is 23.2 Å². The van der Waals surface area contributed by atoms with Crippen molar-refractivity contribution in [3.63, 3.8) is 0 Å². The molecule has 1 aliphatic rings. The van der Waals surface area contributed by atoms with Crippen molar-refractivity contribution in [1.82, 2.24) is 0 Å². The Hall–Kier alpha value is -1.98. The summed E-state index contributed by atoms with van der Waals surface area (Å²) in [5.74, 6) is -1.32. The first-order valence-corrected chi connectivity index (χ1v) is 8.63. The number of hydrogen-bond acceptors (Lipinski definition) is 3. The Bertz CT molecular complexity index is 839. The van der Waals surface area contributed by atoms with Gasteiger partial charge in [-0.25, -0.2) is 4.79 Å². The lowest BCUT2D eigenvalue weighted by atomic mass is 9.73. The van der Waals surface area contributed by atoms with Gasteiger partial charge in [0.05, 0.1) is 16.8 Å². The lowest BCUT2D eigenvalue weighted by molar-refractivity contribution is -0.129. The Labute approximate surface area is 157 Å². The highest BCUT2D eigenvalue weighted by Crippen LogP contribution is 2.42. The van der Waals surface area contributed by atoms with E-state index in [0.29, 0.717) is 15.7 Å². The van der Waals surface area contributed by atoms with E-state index < -0.39 is 5.97 Å². The summed E-state index contributed by atoms with van der Waals surface area (Å²) in [4.78, 5) is 11.6. The van der Waals surface area contributed by atoms with Crippen molar-refractivity contribution in [3.8, 4) is 0 Å². The molecule has 127 valence electrons. The minimum Gasteiger partial charge on any atom is -0.477 e. The van der Waals surface area contributed by atoms with Gasteiger partial charge in [-0.1, -0.05) is 66.7 Å². The van der Waals surface area contributed by atoms with E-state index in [1.807, 2.05) is 45.3 Å². The molecule has 1 radical (unpaired) electrons. The number of carbonyl (C=O) groups is 1. The second-order valence-electron chi connectivity index (χ2n) is 5.92. The summed E-state index contributed by atoms with van der Waals surface area (Å²) < 4.78 is 0. The Morgan fingerprint density at radius 1 is 1.20 bits per heavy atom. The molecule has 3 rings (SSSR count). The average molecular weight is 374 g/mol. The van der Waals surface area contributed by atoms with Crippen molar-refractivity contribution < 1.29 is 9.90 Å². The number of benzene rings is 2. The Balaban J connectivity index is 2.08. The van der Waals surface area contributed by atoms with Gasteiger partial charge in [-0.2, -0.15) is 5.10 Å². The van der Waals surface area contributed by atoms with Crippen LogP contribution in [0.1, 0.15) is 18.5 Å². The largest absolute Gasteiger partial charge is 0.477 e. The number of carboxylic acids is 1. The molecule has 0 bridgehead atoms. The molecule has 2 aromatic rings. The fourth-order valence-electron chi connectivity index (χ4n) is 3.05. The Morgan fingerprint density at radius 2 is 1.88 bits per heavy atom. The summed E-state index contributed by atoms with van der Waals surface area (Å²) in [6.07, 6.45) is 0. The second-order valence-corrected chi connectivity index (χ2v) is 6.76. The summed E-state index contributed by atoms with van der Waals surface area (Å²) in [5.41, 5.74) is 2.82. The number of carboxylic acid groups (broad SMARTS) is 1. The van der Waals surface area contributed by atoms with Crippen LogP contribution in [0.25, 0.3) is 0 Å². The molecule has 2 atom stereocenters. The van der Waals surface area contributed by atoms with Gasteiger partial charge < -0.3 is 5.11 Å². The average Bonchev–Trinajstić information content (AvgIpc) is 2.92.